The van der Waals surface area contributed by atoms with Crippen molar-refractivity contribution in [1.29, 1.82) is 0 Å². The third-order valence-corrected chi connectivity index (χ3v) is 6.41. The van der Waals surface area contributed by atoms with Crippen molar-refractivity contribution in [3.63, 3.8) is 0 Å². The fourth-order valence-electron chi connectivity index (χ4n) is 4.23. The number of methoxy groups -OCH3 is 1. The summed E-state index contributed by atoms with van der Waals surface area (Å²) in [5.41, 5.74) is 2.57. The van der Waals surface area contributed by atoms with Crippen LogP contribution < -0.4 is 9.47 Å². The van der Waals surface area contributed by atoms with Gasteiger partial charge in [0.2, 0.25) is 0 Å². The number of phenols is 1. The van der Waals surface area contributed by atoms with E-state index in [1.165, 1.54) is 7.11 Å². The molecule has 2 aromatic rings. The van der Waals surface area contributed by atoms with Crippen LogP contribution >= 0.6 is 11.6 Å². The number of carbonyl (C=O) groups is 1. The number of fused-ring (bicyclic) bond motifs is 2. The van der Waals surface area contributed by atoms with Gasteiger partial charge in [-0.1, -0.05) is 25.4 Å². The minimum atomic E-state index is -0.808. The normalized spacial score (nSPS) is 16.5. The zero-order chi connectivity index (χ0) is 22.4. The Morgan fingerprint density at radius 1 is 1.29 bits per heavy atom. The average molecular weight is 447 g/mol. The van der Waals surface area contributed by atoms with Crippen LogP contribution in [0.3, 0.4) is 0 Å². The van der Waals surface area contributed by atoms with Crippen molar-refractivity contribution in [2.24, 2.45) is 5.92 Å². The third kappa shape index (κ3) is 3.83. The second-order valence-corrected chi connectivity index (χ2v) is 9.05. The zero-order valence-electron chi connectivity index (χ0n) is 18.1. The topological polar surface area (TPSA) is 85.2 Å². The van der Waals surface area contributed by atoms with E-state index < -0.39 is 12.1 Å². The molecule has 1 heterocycles. The number of aliphatic hydroxyl groups is 1. The maximum absolute atomic E-state index is 12.9. The summed E-state index contributed by atoms with van der Waals surface area (Å²) in [6, 6.07) is 3.27. The Balaban J connectivity index is 1.87. The highest BCUT2D eigenvalue weighted by atomic mass is 35.5. The molecule has 2 N–H and O–H groups in total. The number of halogens is 1. The Bertz CT molecular complexity index is 1040. The lowest BCUT2D eigenvalue weighted by atomic mass is 9.95. The van der Waals surface area contributed by atoms with Gasteiger partial charge in [0, 0.05) is 11.1 Å². The van der Waals surface area contributed by atoms with Gasteiger partial charge in [0.25, 0.3) is 0 Å². The van der Waals surface area contributed by atoms with Crippen LogP contribution in [0.5, 0.6) is 23.0 Å². The van der Waals surface area contributed by atoms with E-state index in [1.54, 1.807) is 12.1 Å². The fourth-order valence-corrected chi connectivity index (χ4v) is 4.47. The molecular weight excluding hydrogens is 420 g/mol. The summed E-state index contributed by atoms with van der Waals surface area (Å²) in [6.07, 6.45) is 1.67. The highest BCUT2D eigenvalue weighted by Gasteiger charge is 2.36. The van der Waals surface area contributed by atoms with Crippen LogP contribution in [0.1, 0.15) is 77.7 Å². The third-order valence-electron chi connectivity index (χ3n) is 5.90. The molecule has 2 aromatic carbocycles. The summed E-state index contributed by atoms with van der Waals surface area (Å²) in [7, 11) is 1.43. The predicted molar refractivity (Wildman–Crippen MR) is 116 cm³/mol. The lowest BCUT2D eigenvalue weighted by molar-refractivity contribution is 0.0454. The second-order valence-electron chi connectivity index (χ2n) is 8.67. The summed E-state index contributed by atoms with van der Waals surface area (Å²) in [5.74, 6) is 0.479. The average Bonchev–Trinajstić information content (AvgIpc) is 3.54. The molecule has 2 aliphatic rings. The first-order chi connectivity index (χ1) is 14.7. The summed E-state index contributed by atoms with van der Waals surface area (Å²) in [4.78, 5) is 12.9. The van der Waals surface area contributed by atoms with Gasteiger partial charge in [0.1, 0.15) is 23.7 Å². The smallest absolute Gasteiger partial charge is 0.346 e. The maximum atomic E-state index is 12.9. The molecule has 0 radical (unpaired) electrons. The van der Waals surface area contributed by atoms with Crippen LogP contribution in [0.4, 0.5) is 0 Å². The van der Waals surface area contributed by atoms with Crippen LogP contribution in [0.2, 0.25) is 5.02 Å². The quantitative estimate of drug-likeness (QED) is 0.566. The predicted octanol–water partition coefficient (Wildman–Crippen LogP) is 5.78. The van der Waals surface area contributed by atoms with E-state index in [4.69, 9.17) is 25.8 Å². The summed E-state index contributed by atoms with van der Waals surface area (Å²) < 4.78 is 17.1. The van der Waals surface area contributed by atoms with E-state index in [1.807, 2.05) is 20.8 Å². The van der Waals surface area contributed by atoms with Crippen molar-refractivity contribution in [3.8, 4) is 23.0 Å². The van der Waals surface area contributed by atoms with E-state index in [0.717, 1.165) is 24.0 Å². The van der Waals surface area contributed by atoms with Gasteiger partial charge in [-0.15, -0.1) is 0 Å². The molecule has 0 amide bonds. The van der Waals surface area contributed by atoms with Gasteiger partial charge >= 0.3 is 5.97 Å². The highest BCUT2D eigenvalue weighted by molar-refractivity contribution is 6.32. The minimum Gasteiger partial charge on any atom is -0.504 e. The first-order valence-corrected chi connectivity index (χ1v) is 10.9. The maximum Gasteiger partial charge on any atom is 0.346 e. The first kappa shape index (κ1) is 21.8. The second kappa shape index (κ2) is 8.24. The van der Waals surface area contributed by atoms with Crippen LogP contribution in [0.15, 0.2) is 12.1 Å². The largest absolute Gasteiger partial charge is 0.504 e. The molecule has 166 valence electrons. The number of rotatable bonds is 5. The Morgan fingerprint density at radius 2 is 2.00 bits per heavy atom. The molecular formula is C24H27ClO6. The summed E-state index contributed by atoms with van der Waals surface area (Å²) in [6.45, 7) is 5.72. The molecule has 0 spiro atoms. The Hall–Kier alpha value is -2.44. The Labute approximate surface area is 186 Å². The van der Waals surface area contributed by atoms with E-state index >= 15 is 0 Å². The van der Waals surface area contributed by atoms with Crippen molar-refractivity contribution < 1.29 is 29.2 Å². The number of aliphatic hydroxyl groups excluding tert-OH is 1. The SMILES string of the molecule is COc1c([C@@H](O)CC(C)C)ccc2c1C(=O)OCc1c(Cl)c(C)c(C3CC3)c(O)c1O2. The van der Waals surface area contributed by atoms with Crippen molar-refractivity contribution in [3.05, 3.63) is 45.0 Å². The number of carbonyl (C=O) groups excluding carboxylic acids is 1. The molecule has 0 bridgehead atoms. The molecule has 4 rings (SSSR count). The molecule has 1 aliphatic heterocycles. The van der Waals surface area contributed by atoms with Gasteiger partial charge in [0.05, 0.1) is 23.8 Å². The molecule has 6 nitrogen and oxygen atoms in total. The van der Waals surface area contributed by atoms with Crippen molar-refractivity contribution in [2.75, 3.05) is 7.11 Å². The number of hydrogen-bond donors (Lipinski definition) is 2. The number of hydrogen-bond acceptors (Lipinski definition) is 6. The van der Waals surface area contributed by atoms with Crippen molar-refractivity contribution in [1.82, 2.24) is 0 Å². The van der Waals surface area contributed by atoms with Gasteiger partial charge in [-0.2, -0.15) is 0 Å². The monoisotopic (exact) mass is 446 g/mol. The molecule has 1 saturated carbocycles. The van der Waals surface area contributed by atoms with Crippen molar-refractivity contribution in [2.45, 2.75) is 58.7 Å². The fraction of sp³-hybridized carbons (Fsp3) is 0.458. The molecule has 1 fully saturated rings. The Morgan fingerprint density at radius 3 is 2.61 bits per heavy atom. The highest BCUT2D eigenvalue weighted by Crippen LogP contribution is 2.54. The molecule has 1 atom stereocenters. The van der Waals surface area contributed by atoms with E-state index in [2.05, 4.69) is 0 Å². The van der Waals surface area contributed by atoms with E-state index in [0.29, 0.717) is 22.6 Å². The van der Waals surface area contributed by atoms with E-state index in [9.17, 15) is 15.0 Å². The molecule has 0 aromatic heterocycles. The summed E-state index contributed by atoms with van der Waals surface area (Å²) >= 11 is 6.59. The van der Waals surface area contributed by atoms with Gasteiger partial charge < -0.3 is 24.4 Å². The number of esters is 1. The van der Waals surface area contributed by atoms with Crippen LogP contribution in [-0.2, 0) is 11.3 Å². The van der Waals surface area contributed by atoms with Crippen molar-refractivity contribution >= 4 is 17.6 Å². The number of cyclic esters (lactones) is 1. The summed E-state index contributed by atoms with van der Waals surface area (Å²) in [5, 5.41) is 22.1. The number of ether oxygens (including phenoxy) is 3. The Kier molecular flexibility index (Phi) is 5.79. The molecule has 1 aliphatic carbocycles. The molecule has 0 saturated heterocycles. The van der Waals surface area contributed by atoms with E-state index in [-0.39, 0.29) is 47.0 Å². The number of aromatic hydroxyl groups is 1. The standard InChI is InChI=1S/C24H27ClO6/c1-11(2)9-16(26)14-7-8-17-19(22(14)29-4)24(28)30-10-15-20(25)12(3)18(13-5-6-13)21(27)23(15)31-17/h7-8,11,13,16,26-27H,5-6,9-10H2,1-4H3/t16-/m0/s1. The molecule has 31 heavy (non-hydrogen) atoms. The zero-order valence-corrected chi connectivity index (χ0v) is 18.9. The lowest BCUT2D eigenvalue weighted by Crippen LogP contribution is -2.15. The minimum absolute atomic E-state index is 0.0335. The van der Waals surface area contributed by atoms with Crippen LogP contribution in [0, 0.1) is 12.8 Å². The molecule has 0 unspecified atom stereocenters. The lowest BCUT2D eigenvalue weighted by Gasteiger charge is -2.25. The van der Waals surface area contributed by atoms with Gasteiger partial charge in [-0.25, -0.2) is 4.79 Å². The van der Waals surface area contributed by atoms with Gasteiger partial charge in [-0.05, 0) is 55.7 Å². The van der Waals surface area contributed by atoms with Crippen LogP contribution in [-0.4, -0.2) is 23.3 Å². The first-order valence-electron chi connectivity index (χ1n) is 10.5. The van der Waals surface area contributed by atoms with Gasteiger partial charge in [-0.3, -0.25) is 0 Å². The van der Waals surface area contributed by atoms with Gasteiger partial charge in [0.15, 0.2) is 11.5 Å². The number of phenolic OH excluding ortho intramolecular Hbond substituents is 1. The number of benzene rings is 2. The van der Waals surface area contributed by atoms with Crippen LogP contribution in [0.25, 0.3) is 0 Å². The molecule has 7 heteroatoms.